The molecule has 12 heavy (non-hydrogen) atoms. The molecule has 0 aliphatic carbocycles. The molecule has 0 aromatic carbocycles. The summed E-state index contributed by atoms with van der Waals surface area (Å²) in [5.41, 5.74) is 1.72. The quantitative estimate of drug-likeness (QED) is 0.436. The van der Waals surface area contributed by atoms with Crippen molar-refractivity contribution in [2.24, 2.45) is 0 Å². The third-order valence-corrected chi connectivity index (χ3v) is 3.04. The molecule has 0 N–H and O–H groups in total. The molecule has 0 atom stereocenters. The zero-order valence-corrected chi connectivity index (χ0v) is 9.38. The van der Waals surface area contributed by atoms with Crippen LogP contribution in [0.2, 0.25) is 0 Å². The lowest BCUT2D eigenvalue weighted by molar-refractivity contribution is 0.236. The first kappa shape index (κ1) is 11.8. The summed E-state index contributed by atoms with van der Waals surface area (Å²) in [5.74, 6) is 0. The van der Waals surface area contributed by atoms with Crippen molar-refractivity contribution in [1.29, 1.82) is 0 Å². The van der Waals surface area contributed by atoms with Crippen LogP contribution in [0.1, 0.15) is 13.3 Å². The molecule has 0 aromatic rings. The van der Waals surface area contributed by atoms with E-state index in [0.29, 0.717) is 6.42 Å². The van der Waals surface area contributed by atoms with E-state index < -0.39 is 19.9 Å². The first-order valence-electron chi connectivity index (χ1n) is 3.77. The topological polar surface area (TPSA) is 52.6 Å². The largest absolute Gasteiger partial charge is 0.399 e. The first-order valence-corrected chi connectivity index (χ1v) is 6.92. The van der Waals surface area contributed by atoms with E-state index in [2.05, 4.69) is 14.9 Å². The van der Waals surface area contributed by atoms with E-state index in [1.807, 2.05) is 6.92 Å². The zero-order chi connectivity index (χ0) is 9.45. The van der Waals surface area contributed by atoms with Gasteiger partial charge in [0.2, 0.25) is 0 Å². The molecule has 6 heteroatoms. The van der Waals surface area contributed by atoms with Gasteiger partial charge in [-0.1, -0.05) is 6.92 Å². The SMILES string of the molecule is C=C[SiH2]COS(=O)(=O)OCCC. The molecule has 0 aromatic heterocycles. The van der Waals surface area contributed by atoms with Crippen LogP contribution >= 0.6 is 0 Å². The Morgan fingerprint density at radius 3 is 2.67 bits per heavy atom. The minimum atomic E-state index is -3.73. The Morgan fingerprint density at radius 1 is 1.50 bits per heavy atom. The van der Waals surface area contributed by atoms with Crippen molar-refractivity contribution in [2.45, 2.75) is 13.3 Å². The molecule has 0 saturated heterocycles. The maximum Gasteiger partial charge on any atom is 0.399 e. The molecule has 4 nitrogen and oxygen atoms in total. The number of rotatable bonds is 7. The lowest BCUT2D eigenvalue weighted by atomic mass is 10.5. The average Bonchev–Trinajstić information content (AvgIpc) is 2.01. The average molecular weight is 210 g/mol. The van der Waals surface area contributed by atoms with Crippen LogP contribution in [0.5, 0.6) is 0 Å². The second-order valence-electron chi connectivity index (χ2n) is 2.13. The molecule has 0 saturated carbocycles. The van der Waals surface area contributed by atoms with Crippen LogP contribution in [0.4, 0.5) is 0 Å². The van der Waals surface area contributed by atoms with Crippen LogP contribution in [0, 0.1) is 0 Å². The van der Waals surface area contributed by atoms with Crippen molar-refractivity contribution in [1.82, 2.24) is 0 Å². The van der Waals surface area contributed by atoms with Gasteiger partial charge in [0.15, 0.2) is 0 Å². The van der Waals surface area contributed by atoms with E-state index in [1.165, 1.54) is 0 Å². The zero-order valence-electron chi connectivity index (χ0n) is 7.15. The third kappa shape index (κ3) is 6.53. The van der Waals surface area contributed by atoms with E-state index in [-0.39, 0.29) is 12.8 Å². The van der Waals surface area contributed by atoms with Crippen molar-refractivity contribution in [3.63, 3.8) is 0 Å². The second kappa shape index (κ2) is 6.35. The summed E-state index contributed by atoms with van der Waals surface area (Å²) in [6.45, 7) is 5.49. The summed E-state index contributed by atoms with van der Waals surface area (Å²) in [4.78, 5) is 0. The highest BCUT2D eigenvalue weighted by Crippen LogP contribution is 1.95. The van der Waals surface area contributed by atoms with Crippen LogP contribution in [0.25, 0.3) is 0 Å². The Bertz CT molecular complexity index is 212. The molecule has 0 amide bonds. The Hall–Kier alpha value is -0.173. The monoisotopic (exact) mass is 210 g/mol. The van der Waals surface area contributed by atoms with Gasteiger partial charge in [0.1, 0.15) is 0 Å². The van der Waals surface area contributed by atoms with Crippen molar-refractivity contribution in [3.8, 4) is 0 Å². The summed E-state index contributed by atoms with van der Waals surface area (Å²) in [7, 11) is -4.33. The lowest BCUT2D eigenvalue weighted by Gasteiger charge is -2.02. The Morgan fingerprint density at radius 2 is 2.17 bits per heavy atom. The van der Waals surface area contributed by atoms with E-state index in [0.717, 1.165) is 0 Å². The lowest BCUT2D eigenvalue weighted by Crippen LogP contribution is -2.13. The molecular formula is C6H14O4SSi. The van der Waals surface area contributed by atoms with Gasteiger partial charge >= 0.3 is 10.4 Å². The fourth-order valence-electron chi connectivity index (χ4n) is 0.453. The second-order valence-corrected chi connectivity index (χ2v) is 4.98. The molecule has 0 rings (SSSR count). The molecular weight excluding hydrogens is 196 g/mol. The van der Waals surface area contributed by atoms with Crippen LogP contribution in [-0.2, 0) is 18.8 Å². The van der Waals surface area contributed by atoms with Gasteiger partial charge in [-0.05, 0) is 6.42 Å². The van der Waals surface area contributed by atoms with E-state index >= 15 is 0 Å². The van der Waals surface area contributed by atoms with Crippen molar-refractivity contribution in [2.75, 3.05) is 12.8 Å². The molecule has 0 heterocycles. The van der Waals surface area contributed by atoms with Gasteiger partial charge in [0.05, 0.1) is 22.4 Å². The Kier molecular flexibility index (Phi) is 6.26. The van der Waals surface area contributed by atoms with Gasteiger partial charge in [-0.15, -0.1) is 12.3 Å². The predicted molar refractivity (Wildman–Crippen MR) is 49.9 cm³/mol. The van der Waals surface area contributed by atoms with Crippen LogP contribution in [-0.4, -0.2) is 30.8 Å². The molecule has 0 unspecified atom stereocenters. The highest BCUT2D eigenvalue weighted by Gasteiger charge is 2.09. The first-order chi connectivity index (χ1) is 5.62. The fourth-order valence-corrected chi connectivity index (χ4v) is 2.26. The van der Waals surface area contributed by atoms with Gasteiger partial charge in [-0.25, -0.2) is 4.18 Å². The summed E-state index contributed by atoms with van der Waals surface area (Å²) < 4.78 is 30.6. The molecule has 0 bridgehead atoms. The van der Waals surface area contributed by atoms with Crippen molar-refractivity contribution >= 4 is 19.9 Å². The summed E-state index contributed by atoms with van der Waals surface area (Å²) >= 11 is 0. The minimum Gasteiger partial charge on any atom is -0.252 e. The Balaban J connectivity index is 3.64. The summed E-state index contributed by atoms with van der Waals surface area (Å²) in [5, 5.41) is 0. The molecule has 0 fully saturated rings. The van der Waals surface area contributed by atoms with E-state index in [4.69, 9.17) is 0 Å². The molecule has 0 aliphatic heterocycles. The molecule has 0 spiro atoms. The Labute approximate surface area is 75.7 Å². The van der Waals surface area contributed by atoms with Crippen LogP contribution in [0.3, 0.4) is 0 Å². The standard InChI is InChI=1S/C6H14O4SSi/c1-3-5-9-11(7,8)10-6-12-4-2/h4H,2-3,5-6,12H2,1H3. The van der Waals surface area contributed by atoms with Gasteiger partial charge in [0, 0.05) is 0 Å². The fraction of sp³-hybridized carbons (Fsp3) is 0.667. The normalized spacial score (nSPS) is 12.4. The minimum absolute atomic E-state index is 0.179. The predicted octanol–water partition coefficient (Wildman–Crippen LogP) is -0.0558. The van der Waals surface area contributed by atoms with E-state index in [9.17, 15) is 8.42 Å². The summed E-state index contributed by atoms with van der Waals surface area (Å²) in [6.07, 6.45) is 0.886. The van der Waals surface area contributed by atoms with E-state index in [1.54, 1.807) is 5.70 Å². The highest BCUT2D eigenvalue weighted by molar-refractivity contribution is 7.81. The molecule has 72 valence electrons. The van der Waals surface area contributed by atoms with Gasteiger partial charge < -0.3 is 0 Å². The number of hydrogen-bond acceptors (Lipinski definition) is 4. The maximum atomic E-state index is 10.8. The van der Waals surface area contributed by atoms with Gasteiger partial charge in [-0.3, -0.25) is 4.18 Å². The van der Waals surface area contributed by atoms with Gasteiger partial charge in [-0.2, -0.15) is 8.42 Å². The molecule has 0 radical (unpaired) electrons. The summed E-state index contributed by atoms with van der Waals surface area (Å²) in [6, 6.07) is 0. The van der Waals surface area contributed by atoms with Crippen LogP contribution in [0.15, 0.2) is 12.3 Å². The van der Waals surface area contributed by atoms with Crippen molar-refractivity contribution in [3.05, 3.63) is 12.3 Å². The molecule has 0 aliphatic rings. The third-order valence-electron chi connectivity index (χ3n) is 0.981. The number of hydrogen-bond donors (Lipinski definition) is 0. The van der Waals surface area contributed by atoms with Gasteiger partial charge in [0.25, 0.3) is 0 Å². The maximum absolute atomic E-state index is 10.8. The van der Waals surface area contributed by atoms with Crippen molar-refractivity contribution < 1.29 is 16.8 Å². The highest BCUT2D eigenvalue weighted by atomic mass is 32.3. The van der Waals surface area contributed by atoms with Crippen LogP contribution < -0.4 is 0 Å². The smallest absolute Gasteiger partial charge is 0.252 e.